The third-order valence-corrected chi connectivity index (χ3v) is 3.87. The lowest BCUT2D eigenvalue weighted by Crippen LogP contribution is -2.41. The van der Waals surface area contributed by atoms with E-state index in [9.17, 15) is 9.59 Å². The van der Waals surface area contributed by atoms with Crippen LogP contribution < -0.4 is 11.1 Å². The Morgan fingerprint density at radius 3 is 2.61 bits per heavy atom. The second kappa shape index (κ2) is 5.45. The number of methoxy groups -OCH3 is 1. The first-order chi connectivity index (χ1) is 8.30. The minimum absolute atomic E-state index is 0.0925. The van der Waals surface area contributed by atoms with Gasteiger partial charge in [0.1, 0.15) is 4.88 Å². The Balaban J connectivity index is 2.93. The molecule has 0 unspecified atom stereocenters. The van der Waals surface area contributed by atoms with Crippen molar-refractivity contribution < 1.29 is 14.3 Å². The van der Waals surface area contributed by atoms with Crippen molar-refractivity contribution in [1.29, 1.82) is 0 Å². The first-order valence-electron chi connectivity index (χ1n) is 5.08. The fourth-order valence-electron chi connectivity index (χ4n) is 1.05. The van der Waals surface area contributed by atoms with Crippen LogP contribution in [-0.2, 0) is 9.53 Å². The van der Waals surface area contributed by atoms with E-state index in [4.69, 9.17) is 18.0 Å². The molecule has 0 bridgehead atoms. The SMILES string of the molecule is COC(=O)c1sccc1NC(=O)C(C)(C)C(N)=S. The fraction of sp³-hybridized carbons (Fsp3) is 0.364. The van der Waals surface area contributed by atoms with Crippen LogP contribution in [0.5, 0.6) is 0 Å². The maximum Gasteiger partial charge on any atom is 0.350 e. The summed E-state index contributed by atoms with van der Waals surface area (Å²) in [6.07, 6.45) is 0. The predicted octanol–water partition coefficient (Wildman–Crippen LogP) is 1.79. The van der Waals surface area contributed by atoms with Crippen molar-refractivity contribution in [2.75, 3.05) is 12.4 Å². The molecule has 7 heteroatoms. The molecule has 1 heterocycles. The summed E-state index contributed by atoms with van der Waals surface area (Å²) in [6.45, 7) is 3.24. The first kappa shape index (κ1) is 14.6. The number of carbonyl (C=O) groups excluding carboxylic acids is 2. The minimum atomic E-state index is -0.981. The highest BCUT2D eigenvalue weighted by atomic mass is 32.1. The van der Waals surface area contributed by atoms with E-state index in [2.05, 4.69) is 10.1 Å². The number of rotatable bonds is 4. The lowest BCUT2D eigenvalue weighted by Gasteiger charge is -2.21. The average molecular weight is 286 g/mol. The number of hydrogen-bond donors (Lipinski definition) is 2. The predicted molar refractivity (Wildman–Crippen MR) is 74.9 cm³/mol. The van der Waals surface area contributed by atoms with Crippen molar-refractivity contribution >= 4 is 46.1 Å². The highest BCUT2D eigenvalue weighted by molar-refractivity contribution is 7.80. The van der Waals surface area contributed by atoms with Gasteiger partial charge in [-0.3, -0.25) is 4.79 Å². The van der Waals surface area contributed by atoms with E-state index in [-0.39, 0.29) is 10.9 Å². The molecule has 0 saturated carbocycles. The molecule has 98 valence electrons. The first-order valence-corrected chi connectivity index (χ1v) is 6.36. The second-order valence-electron chi connectivity index (χ2n) is 4.10. The third kappa shape index (κ3) is 2.85. The van der Waals surface area contributed by atoms with Crippen LogP contribution in [-0.4, -0.2) is 24.0 Å². The molecule has 0 aromatic carbocycles. The normalized spacial score (nSPS) is 10.8. The molecular formula is C11H14N2O3S2. The van der Waals surface area contributed by atoms with E-state index < -0.39 is 11.4 Å². The highest BCUT2D eigenvalue weighted by Gasteiger charge is 2.31. The Bertz CT molecular complexity index is 494. The quantitative estimate of drug-likeness (QED) is 0.651. The Morgan fingerprint density at radius 1 is 1.50 bits per heavy atom. The molecule has 5 nitrogen and oxygen atoms in total. The molecule has 1 aromatic heterocycles. The molecule has 0 aliphatic carbocycles. The minimum Gasteiger partial charge on any atom is -0.465 e. The van der Waals surface area contributed by atoms with Gasteiger partial charge in [-0.05, 0) is 25.3 Å². The van der Waals surface area contributed by atoms with Gasteiger partial charge >= 0.3 is 5.97 Å². The summed E-state index contributed by atoms with van der Waals surface area (Å²) in [5, 5.41) is 4.32. The Labute approximate surface area is 114 Å². The monoisotopic (exact) mass is 286 g/mol. The van der Waals surface area contributed by atoms with Crippen molar-refractivity contribution in [2.24, 2.45) is 11.1 Å². The number of thiocarbonyl (C=S) groups is 1. The molecule has 0 aliphatic heterocycles. The summed E-state index contributed by atoms with van der Waals surface area (Å²) in [7, 11) is 1.28. The largest absolute Gasteiger partial charge is 0.465 e. The molecule has 0 fully saturated rings. The molecule has 0 radical (unpaired) electrons. The number of nitrogens with two attached hydrogens (primary N) is 1. The molecule has 0 spiro atoms. The topological polar surface area (TPSA) is 81.4 Å². The Kier molecular flexibility index (Phi) is 4.42. The van der Waals surface area contributed by atoms with Gasteiger partial charge in [-0.15, -0.1) is 11.3 Å². The van der Waals surface area contributed by atoms with Crippen molar-refractivity contribution in [2.45, 2.75) is 13.8 Å². The van der Waals surface area contributed by atoms with E-state index in [0.717, 1.165) is 0 Å². The number of esters is 1. The third-order valence-electron chi connectivity index (χ3n) is 2.47. The van der Waals surface area contributed by atoms with Gasteiger partial charge in [0.05, 0.1) is 23.2 Å². The van der Waals surface area contributed by atoms with Gasteiger partial charge in [0.15, 0.2) is 0 Å². The number of hydrogen-bond acceptors (Lipinski definition) is 5. The zero-order valence-electron chi connectivity index (χ0n) is 10.3. The molecule has 1 rings (SSSR count). The molecule has 3 N–H and O–H groups in total. The highest BCUT2D eigenvalue weighted by Crippen LogP contribution is 2.26. The van der Waals surface area contributed by atoms with Crippen LogP contribution in [0, 0.1) is 5.41 Å². The van der Waals surface area contributed by atoms with Crippen LogP contribution in [0.25, 0.3) is 0 Å². The van der Waals surface area contributed by atoms with Crippen LogP contribution in [0.2, 0.25) is 0 Å². The lowest BCUT2D eigenvalue weighted by atomic mass is 9.92. The van der Waals surface area contributed by atoms with E-state index in [1.165, 1.54) is 18.4 Å². The van der Waals surface area contributed by atoms with Crippen molar-refractivity contribution in [3.05, 3.63) is 16.3 Å². The fourth-order valence-corrected chi connectivity index (χ4v) is 1.91. The molecule has 0 aliphatic rings. The van der Waals surface area contributed by atoms with Crippen LogP contribution in [0.3, 0.4) is 0 Å². The van der Waals surface area contributed by atoms with Crippen LogP contribution in [0.1, 0.15) is 23.5 Å². The van der Waals surface area contributed by atoms with Gasteiger partial charge in [-0.2, -0.15) is 0 Å². The molecule has 0 saturated heterocycles. The van der Waals surface area contributed by atoms with Crippen LogP contribution in [0.15, 0.2) is 11.4 Å². The summed E-state index contributed by atoms with van der Waals surface area (Å²) in [4.78, 5) is 23.9. The van der Waals surface area contributed by atoms with Gasteiger partial charge in [-0.1, -0.05) is 12.2 Å². The molecule has 1 amide bonds. The summed E-state index contributed by atoms with van der Waals surface area (Å²) in [5.74, 6) is -0.855. The van der Waals surface area contributed by atoms with E-state index >= 15 is 0 Å². The number of anilines is 1. The Hall–Kier alpha value is -1.47. The standard InChI is InChI=1S/C11H14N2O3S2/c1-11(2,9(12)17)10(15)13-6-4-5-18-7(6)8(14)16-3/h4-5H,1-3H3,(H2,12,17)(H,13,15). The number of amides is 1. The van der Waals surface area contributed by atoms with E-state index in [1.54, 1.807) is 25.3 Å². The van der Waals surface area contributed by atoms with Gasteiger partial charge < -0.3 is 15.8 Å². The summed E-state index contributed by atoms with van der Waals surface area (Å²) in [5.41, 5.74) is 4.93. The molecule has 1 aromatic rings. The maximum atomic E-state index is 12.0. The number of nitrogens with one attached hydrogen (secondary N) is 1. The Morgan fingerprint density at radius 2 is 2.11 bits per heavy atom. The molecule has 18 heavy (non-hydrogen) atoms. The average Bonchev–Trinajstić information content (AvgIpc) is 2.75. The summed E-state index contributed by atoms with van der Waals surface area (Å²) < 4.78 is 4.62. The second-order valence-corrected chi connectivity index (χ2v) is 5.45. The van der Waals surface area contributed by atoms with Crippen LogP contribution in [0.4, 0.5) is 5.69 Å². The zero-order valence-corrected chi connectivity index (χ0v) is 11.9. The summed E-state index contributed by atoms with van der Waals surface area (Å²) >= 11 is 6.03. The van der Waals surface area contributed by atoms with E-state index in [0.29, 0.717) is 10.6 Å². The van der Waals surface area contributed by atoms with Crippen molar-refractivity contribution in [1.82, 2.24) is 0 Å². The smallest absolute Gasteiger partial charge is 0.350 e. The van der Waals surface area contributed by atoms with Gasteiger partial charge in [0, 0.05) is 0 Å². The summed E-state index contributed by atoms with van der Waals surface area (Å²) in [6, 6.07) is 1.63. The van der Waals surface area contributed by atoms with E-state index in [1.807, 2.05) is 0 Å². The molecular weight excluding hydrogens is 272 g/mol. The zero-order chi connectivity index (χ0) is 13.9. The van der Waals surface area contributed by atoms with Gasteiger partial charge in [-0.25, -0.2) is 4.79 Å². The number of carbonyl (C=O) groups is 2. The van der Waals surface area contributed by atoms with Crippen molar-refractivity contribution in [3.8, 4) is 0 Å². The van der Waals surface area contributed by atoms with Crippen LogP contribution >= 0.6 is 23.6 Å². The number of thiophene rings is 1. The van der Waals surface area contributed by atoms with Crippen molar-refractivity contribution in [3.63, 3.8) is 0 Å². The molecule has 0 atom stereocenters. The van der Waals surface area contributed by atoms with Gasteiger partial charge in [0.2, 0.25) is 5.91 Å². The lowest BCUT2D eigenvalue weighted by molar-refractivity contribution is -0.121. The van der Waals surface area contributed by atoms with Gasteiger partial charge in [0.25, 0.3) is 0 Å². The maximum absolute atomic E-state index is 12.0. The number of ether oxygens (including phenoxy) is 1.